The zero-order valence-electron chi connectivity index (χ0n) is 15.8. The van der Waals surface area contributed by atoms with Crippen molar-refractivity contribution in [1.82, 2.24) is 9.80 Å². The normalized spacial score (nSPS) is 22.7. The fourth-order valence-corrected chi connectivity index (χ4v) is 4.70. The van der Waals surface area contributed by atoms with Crippen LogP contribution >= 0.6 is 0 Å². The minimum Gasteiger partial charge on any atom is -0.294 e. The van der Waals surface area contributed by atoms with E-state index in [0.717, 1.165) is 0 Å². The van der Waals surface area contributed by atoms with E-state index in [4.69, 9.17) is 0 Å². The number of allylic oxidation sites excluding steroid dienone is 1. The van der Waals surface area contributed by atoms with Gasteiger partial charge in [-0.05, 0) is 83.8 Å². The molecule has 1 aromatic rings. The van der Waals surface area contributed by atoms with Gasteiger partial charge < -0.3 is 0 Å². The van der Waals surface area contributed by atoms with E-state index in [9.17, 15) is 0 Å². The standard InChI is InChI=1S/C22H34N2/c1-4-20(22(2,3)24-17-9-6-10-18-24)21(23-15-11-12-16-23)19-13-7-5-8-14-19/h4-5,7-8,13-14,21H,6,9-12,15-18H2,1-3H3. The Labute approximate surface area is 148 Å². The van der Waals surface area contributed by atoms with Gasteiger partial charge in [-0.3, -0.25) is 9.80 Å². The van der Waals surface area contributed by atoms with Crippen molar-refractivity contribution in [3.63, 3.8) is 0 Å². The van der Waals surface area contributed by atoms with E-state index >= 15 is 0 Å². The zero-order valence-corrected chi connectivity index (χ0v) is 15.8. The molecule has 0 amide bonds. The summed E-state index contributed by atoms with van der Waals surface area (Å²) in [4.78, 5) is 5.42. The predicted molar refractivity (Wildman–Crippen MR) is 103 cm³/mol. The molecule has 0 bridgehead atoms. The monoisotopic (exact) mass is 326 g/mol. The SMILES string of the molecule is CC=C(C(c1ccccc1)N1CCCC1)C(C)(C)N1CCCCC1. The van der Waals surface area contributed by atoms with Crippen molar-refractivity contribution < 1.29 is 0 Å². The van der Waals surface area contributed by atoms with Gasteiger partial charge in [-0.25, -0.2) is 0 Å². The highest BCUT2D eigenvalue weighted by Crippen LogP contribution is 2.40. The van der Waals surface area contributed by atoms with Gasteiger partial charge in [0, 0.05) is 5.54 Å². The quantitative estimate of drug-likeness (QED) is 0.700. The van der Waals surface area contributed by atoms with Gasteiger partial charge in [0.1, 0.15) is 0 Å². The smallest absolute Gasteiger partial charge is 0.0578 e. The number of rotatable bonds is 5. The van der Waals surface area contributed by atoms with E-state index in [2.05, 4.69) is 67.0 Å². The number of piperidine rings is 1. The first kappa shape index (κ1) is 17.7. The van der Waals surface area contributed by atoms with E-state index in [1.807, 2.05) is 0 Å². The van der Waals surface area contributed by atoms with Crippen LogP contribution in [0.2, 0.25) is 0 Å². The van der Waals surface area contributed by atoms with Gasteiger partial charge in [0.25, 0.3) is 0 Å². The maximum Gasteiger partial charge on any atom is 0.0578 e. The molecular weight excluding hydrogens is 292 g/mol. The lowest BCUT2D eigenvalue weighted by atomic mass is 9.81. The Bertz CT molecular complexity index is 534. The third kappa shape index (κ3) is 3.60. The van der Waals surface area contributed by atoms with Gasteiger partial charge in [0.2, 0.25) is 0 Å². The molecule has 2 aliphatic rings. The van der Waals surface area contributed by atoms with Gasteiger partial charge in [-0.1, -0.05) is 42.8 Å². The molecule has 2 heteroatoms. The molecule has 2 fully saturated rings. The minimum atomic E-state index is 0.123. The number of benzene rings is 1. The zero-order chi connectivity index (χ0) is 17.0. The van der Waals surface area contributed by atoms with Gasteiger partial charge >= 0.3 is 0 Å². The van der Waals surface area contributed by atoms with E-state index in [1.165, 1.54) is 63.8 Å². The van der Waals surface area contributed by atoms with E-state index in [0.29, 0.717) is 6.04 Å². The van der Waals surface area contributed by atoms with Crippen molar-refractivity contribution in [3.05, 3.63) is 47.5 Å². The summed E-state index contributed by atoms with van der Waals surface area (Å²) in [6.45, 7) is 12.1. The lowest BCUT2D eigenvalue weighted by Crippen LogP contribution is -2.50. The Morgan fingerprint density at radius 1 is 0.917 bits per heavy atom. The van der Waals surface area contributed by atoms with Gasteiger partial charge in [-0.2, -0.15) is 0 Å². The summed E-state index contributed by atoms with van der Waals surface area (Å²) in [7, 11) is 0. The molecule has 3 rings (SSSR count). The second-order valence-corrected chi connectivity index (χ2v) is 7.91. The van der Waals surface area contributed by atoms with Crippen LogP contribution in [0, 0.1) is 0 Å². The van der Waals surface area contributed by atoms with Crippen molar-refractivity contribution in [2.45, 2.75) is 64.5 Å². The first-order valence-electron chi connectivity index (χ1n) is 9.85. The van der Waals surface area contributed by atoms with Gasteiger partial charge in [0.05, 0.1) is 6.04 Å². The summed E-state index contributed by atoms with van der Waals surface area (Å²) in [5.41, 5.74) is 3.16. The molecule has 1 unspecified atom stereocenters. The van der Waals surface area contributed by atoms with Crippen molar-refractivity contribution in [1.29, 1.82) is 0 Å². The number of hydrogen-bond donors (Lipinski definition) is 0. The van der Waals surface area contributed by atoms with Crippen LogP contribution in [-0.2, 0) is 0 Å². The summed E-state index contributed by atoms with van der Waals surface area (Å²) < 4.78 is 0. The second kappa shape index (κ2) is 7.84. The Hall–Kier alpha value is -1.12. The molecule has 2 nitrogen and oxygen atoms in total. The van der Waals surface area contributed by atoms with Crippen LogP contribution in [0.15, 0.2) is 42.0 Å². The Morgan fingerprint density at radius 2 is 1.50 bits per heavy atom. The molecule has 24 heavy (non-hydrogen) atoms. The third-order valence-electron chi connectivity index (χ3n) is 6.08. The van der Waals surface area contributed by atoms with Crippen LogP contribution in [-0.4, -0.2) is 41.5 Å². The molecule has 132 valence electrons. The molecule has 0 N–H and O–H groups in total. The predicted octanol–water partition coefficient (Wildman–Crippen LogP) is 5.03. The van der Waals surface area contributed by atoms with Crippen molar-refractivity contribution in [2.75, 3.05) is 26.2 Å². The highest BCUT2D eigenvalue weighted by atomic mass is 15.2. The summed E-state index contributed by atoms with van der Waals surface area (Å²) in [5, 5.41) is 0. The van der Waals surface area contributed by atoms with Crippen LogP contribution in [0.5, 0.6) is 0 Å². The molecular formula is C22H34N2. The highest BCUT2D eigenvalue weighted by molar-refractivity contribution is 5.34. The van der Waals surface area contributed by atoms with Gasteiger partial charge in [0.15, 0.2) is 0 Å². The van der Waals surface area contributed by atoms with E-state index in [1.54, 1.807) is 5.57 Å². The molecule has 2 saturated heterocycles. The minimum absolute atomic E-state index is 0.123. The molecule has 1 atom stereocenters. The molecule has 0 aliphatic carbocycles. The molecule has 1 aromatic carbocycles. The lowest BCUT2D eigenvalue weighted by molar-refractivity contribution is 0.105. The van der Waals surface area contributed by atoms with Gasteiger partial charge in [-0.15, -0.1) is 0 Å². The van der Waals surface area contributed by atoms with Crippen LogP contribution in [0.25, 0.3) is 0 Å². The van der Waals surface area contributed by atoms with Crippen LogP contribution < -0.4 is 0 Å². The average Bonchev–Trinajstić information content (AvgIpc) is 3.15. The topological polar surface area (TPSA) is 6.48 Å². The van der Waals surface area contributed by atoms with Crippen molar-refractivity contribution >= 4 is 0 Å². The molecule has 2 aliphatic heterocycles. The maximum absolute atomic E-state index is 2.72. The Kier molecular flexibility index (Phi) is 5.78. The molecule has 0 spiro atoms. The number of nitrogens with zero attached hydrogens (tertiary/aromatic N) is 2. The van der Waals surface area contributed by atoms with E-state index < -0.39 is 0 Å². The molecule has 0 radical (unpaired) electrons. The Balaban J connectivity index is 1.94. The Morgan fingerprint density at radius 3 is 2.08 bits per heavy atom. The summed E-state index contributed by atoms with van der Waals surface area (Å²) >= 11 is 0. The first-order chi connectivity index (χ1) is 11.6. The number of hydrogen-bond acceptors (Lipinski definition) is 2. The summed E-state index contributed by atoms with van der Waals surface area (Å²) in [6, 6.07) is 11.6. The molecule has 0 saturated carbocycles. The summed E-state index contributed by atoms with van der Waals surface area (Å²) in [5.74, 6) is 0. The second-order valence-electron chi connectivity index (χ2n) is 7.91. The third-order valence-corrected chi connectivity index (χ3v) is 6.08. The fourth-order valence-electron chi connectivity index (χ4n) is 4.70. The highest BCUT2D eigenvalue weighted by Gasteiger charge is 2.38. The molecule has 0 aromatic heterocycles. The first-order valence-corrected chi connectivity index (χ1v) is 9.85. The summed E-state index contributed by atoms with van der Waals surface area (Å²) in [6.07, 6.45) is 9.17. The largest absolute Gasteiger partial charge is 0.294 e. The lowest BCUT2D eigenvalue weighted by Gasteiger charge is -2.46. The molecule has 2 heterocycles. The van der Waals surface area contributed by atoms with Crippen LogP contribution in [0.3, 0.4) is 0 Å². The average molecular weight is 327 g/mol. The van der Waals surface area contributed by atoms with Crippen molar-refractivity contribution in [2.24, 2.45) is 0 Å². The maximum atomic E-state index is 2.72. The van der Waals surface area contributed by atoms with E-state index in [-0.39, 0.29) is 5.54 Å². The fraction of sp³-hybridized carbons (Fsp3) is 0.636. The van der Waals surface area contributed by atoms with Crippen molar-refractivity contribution in [3.8, 4) is 0 Å². The van der Waals surface area contributed by atoms with Crippen LogP contribution in [0.1, 0.15) is 64.5 Å². The number of likely N-dealkylation sites (tertiary alicyclic amines) is 2. The van der Waals surface area contributed by atoms with Crippen LogP contribution in [0.4, 0.5) is 0 Å².